The number of hydrogen-bond donors (Lipinski definition) is 2. The van der Waals surface area contributed by atoms with Crippen LogP contribution in [-0.2, 0) is 0 Å². The van der Waals surface area contributed by atoms with E-state index in [1.807, 2.05) is 0 Å². The smallest absolute Gasteiger partial charge is 0.329 e. The average Bonchev–Trinajstić information content (AvgIpc) is 2.38. The van der Waals surface area contributed by atoms with Crippen molar-refractivity contribution in [2.45, 2.75) is 44.6 Å². The van der Waals surface area contributed by atoms with Crippen LogP contribution >= 0.6 is 0 Å². The minimum absolute atomic E-state index is 0.0780. The number of rotatable bonds is 4. The van der Waals surface area contributed by atoms with Gasteiger partial charge in [-0.1, -0.05) is 19.3 Å². The van der Waals surface area contributed by atoms with Crippen LogP contribution in [0, 0.1) is 10.1 Å². The first-order valence-electron chi connectivity index (χ1n) is 6.51. The summed E-state index contributed by atoms with van der Waals surface area (Å²) in [5, 5.41) is 17.1. The molecule has 0 radical (unpaired) electrons. The maximum Gasteiger partial charge on any atom is 0.329 e. The van der Waals surface area contributed by atoms with Crippen molar-refractivity contribution < 1.29 is 4.92 Å². The van der Waals surface area contributed by atoms with E-state index in [1.165, 1.54) is 12.6 Å². The van der Waals surface area contributed by atoms with Crippen molar-refractivity contribution in [3.8, 4) is 0 Å². The number of nitro groups is 1. The molecule has 0 unspecified atom stereocenters. The fourth-order valence-corrected chi connectivity index (χ4v) is 2.46. The Morgan fingerprint density at radius 1 is 1.37 bits per heavy atom. The molecule has 0 spiro atoms. The molecular weight excluding hydrogens is 246 g/mol. The van der Waals surface area contributed by atoms with E-state index in [1.54, 1.807) is 7.05 Å². The maximum absolute atomic E-state index is 11.0. The molecule has 7 heteroatoms. The summed E-state index contributed by atoms with van der Waals surface area (Å²) < 4.78 is 0. The molecular formula is C12H19N5O2. The van der Waals surface area contributed by atoms with Gasteiger partial charge in [-0.15, -0.1) is 0 Å². The van der Waals surface area contributed by atoms with Crippen LogP contribution in [0.2, 0.25) is 0 Å². The van der Waals surface area contributed by atoms with Crippen LogP contribution < -0.4 is 10.6 Å². The van der Waals surface area contributed by atoms with Crippen LogP contribution in [-0.4, -0.2) is 27.5 Å². The lowest BCUT2D eigenvalue weighted by molar-refractivity contribution is -0.384. The summed E-state index contributed by atoms with van der Waals surface area (Å²) >= 11 is 0. The third-order valence-electron chi connectivity index (χ3n) is 3.57. The van der Waals surface area contributed by atoms with Gasteiger partial charge >= 0.3 is 5.69 Å². The molecule has 0 bridgehead atoms. The van der Waals surface area contributed by atoms with Crippen LogP contribution in [0.25, 0.3) is 0 Å². The molecule has 1 aromatic rings. The summed E-state index contributed by atoms with van der Waals surface area (Å²) in [5.74, 6) is 0.682. The van der Waals surface area contributed by atoms with Gasteiger partial charge in [0.15, 0.2) is 0 Å². The van der Waals surface area contributed by atoms with E-state index in [0.717, 1.165) is 25.7 Å². The Bertz CT molecular complexity index is 471. The van der Waals surface area contributed by atoms with Crippen molar-refractivity contribution in [3.05, 3.63) is 16.3 Å². The summed E-state index contributed by atoms with van der Waals surface area (Å²) in [5.41, 5.74) is -0.201. The molecule has 0 atom stereocenters. The van der Waals surface area contributed by atoms with Crippen molar-refractivity contribution >= 4 is 17.5 Å². The molecule has 0 aliphatic heterocycles. The molecule has 2 N–H and O–H groups in total. The molecule has 1 aromatic heterocycles. The van der Waals surface area contributed by atoms with E-state index >= 15 is 0 Å². The first-order valence-corrected chi connectivity index (χ1v) is 6.51. The third kappa shape index (κ3) is 3.10. The van der Waals surface area contributed by atoms with E-state index in [0.29, 0.717) is 11.8 Å². The van der Waals surface area contributed by atoms with Crippen molar-refractivity contribution in [1.82, 2.24) is 9.97 Å². The molecule has 1 saturated carbocycles. The molecule has 7 nitrogen and oxygen atoms in total. The van der Waals surface area contributed by atoms with Gasteiger partial charge in [-0.3, -0.25) is 10.1 Å². The Morgan fingerprint density at radius 3 is 2.63 bits per heavy atom. The molecule has 0 aromatic carbocycles. The van der Waals surface area contributed by atoms with Gasteiger partial charge in [-0.25, -0.2) is 4.98 Å². The van der Waals surface area contributed by atoms with E-state index in [4.69, 9.17) is 0 Å². The predicted molar refractivity (Wildman–Crippen MR) is 73.3 cm³/mol. The number of nitrogens with one attached hydrogen (secondary N) is 2. The molecule has 2 rings (SSSR count). The van der Waals surface area contributed by atoms with Crippen LogP contribution in [0.1, 0.15) is 39.0 Å². The molecule has 1 aliphatic rings. The van der Waals surface area contributed by atoms with Crippen molar-refractivity contribution in [2.75, 3.05) is 17.7 Å². The number of aromatic nitrogens is 2. The normalized spacial score (nSPS) is 17.8. The van der Waals surface area contributed by atoms with E-state index < -0.39 is 4.92 Å². The van der Waals surface area contributed by atoms with Gasteiger partial charge in [-0.2, -0.15) is 4.98 Å². The molecule has 104 valence electrons. The lowest BCUT2D eigenvalue weighted by atomic mass is 9.83. The molecule has 1 heterocycles. The first kappa shape index (κ1) is 13.5. The van der Waals surface area contributed by atoms with E-state index in [2.05, 4.69) is 27.5 Å². The lowest BCUT2D eigenvalue weighted by Gasteiger charge is -2.34. The third-order valence-corrected chi connectivity index (χ3v) is 3.57. The van der Waals surface area contributed by atoms with Crippen LogP contribution in [0.5, 0.6) is 0 Å². The second-order valence-electron chi connectivity index (χ2n) is 5.18. The Kier molecular flexibility index (Phi) is 3.82. The molecule has 0 saturated heterocycles. The van der Waals surface area contributed by atoms with Gasteiger partial charge in [0.25, 0.3) is 0 Å². The van der Waals surface area contributed by atoms with Gasteiger partial charge < -0.3 is 10.6 Å². The lowest BCUT2D eigenvalue weighted by Crippen LogP contribution is -2.37. The van der Waals surface area contributed by atoms with Crippen molar-refractivity contribution in [2.24, 2.45) is 0 Å². The molecule has 1 aliphatic carbocycles. The molecule has 0 amide bonds. The SMILES string of the molecule is CNc1ncc([N+](=O)[O-])c(NC2(C)CCCCC2)n1. The van der Waals surface area contributed by atoms with E-state index in [-0.39, 0.29) is 11.2 Å². The van der Waals surface area contributed by atoms with E-state index in [9.17, 15) is 10.1 Å². The van der Waals surface area contributed by atoms with Crippen LogP contribution in [0.4, 0.5) is 17.5 Å². The number of anilines is 2. The minimum atomic E-state index is -0.450. The van der Waals surface area contributed by atoms with Gasteiger partial charge in [0.05, 0.1) is 4.92 Å². The minimum Gasteiger partial charge on any atom is -0.359 e. The second kappa shape index (κ2) is 5.38. The standard InChI is InChI=1S/C12H19N5O2/c1-12(6-4-3-5-7-12)16-10-9(17(18)19)8-14-11(13-2)15-10/h8H,3-7H2,1-2H3,(H2,13,14,15,16). The predicted octanol–water partition coefficient (Wildman–Crippen LogP) is 2.56. The number of hydrogen-bond acceptors (Lipinski definition) is 6. The van der Waals surface area contributed by atoms with Crippen LogP contribution in [0.15, 0.2) is 6.20 Å². The van der Waals surface area contributed by atoms with Gasteiger partial charge in [0.2, 0.25) is 11.8 Å². The Morgan fingerprint density at radius 2 is 2.05 bits per heavy atom. The van der Waals surface area contributed by atoms with Crippen molar-refractivity contribution in [1.29, 1.82) is 0 Å². The summed E-state index contributed by atoms with van der Waals surface area (Å²) in [6.07, 6.45) is 6.76. The van der Waals surface area contributed by atoms with Gasteiger partial charge in [-0.05, 0) is 19.8 Å². The highest BCUT2D eigenvalue weighted by Gasteiger charge is 2.30. The fraction of sp³-hybridized carbons (Fsp3) is 0.667. The first-order chi connectivity index (χ1) is 9.04. The Labute approximate surface area is 112 Å². The highest BCUT2D eigenvalue weighted by atomic mass is 16.6. The zero-order chi connectivity index (χ0) is 13.9. The summed E-state index contributed by atoms with van der Waals surface area (Å²) in [6, 6.07) is 0. The van der Waals surface area contributed by atoms with Crippen molar-refractivity contribution in [3.63, 3.8) is 0 Å². The largest absolute Gasteiger partial charge is 0.359 e. The quantitative estimate of drug-likeness (QED) is 0.642. The second-order valence-corrected chi connectivity index (χ2v) is 5.18. The highest BCUT2D eigenvalue weighted by molar-refractivity contribution is 5.58. The monoisotopic (exact) mass is 265 g/mol. The topological polar surface area (TPSA) is 93.0 Å². The average molecular weight is 265 g/mol. The molecule has 19 heavy (non-hydrogen) atoms. The summed E-state index contributed by atoms with van der Waals surface area (Å²) in [7, 11) is 1.69. The van der Waals surface area contributed by atoms with Crippen LogP contribution in [0.3, 0.4) is 0 Å². The Balaban J connectivity index is 2.28. The van der Waals surface area contributed by atoms with Gasteiger partial charge in [0, 0.05) is 12.6 Å². The maximum atomic E-state index is 11.0. The highest BCUT2D eigenvalue weighted by Crippen LogP contribution is 2.33. The summed E-state index contributed by atoms with van der Waals surface area (Å²) in [4.78, 5) is 18.6. The zero-order valence-electron chi connectivity index (χ0n) is 11.3. The number of nitrogens with zero attached hydrogens (tertiary/aromatic N) is 3. The summed E-state index contributed by atoms with van der Waals surface area (Å²) in [6.45, 7) is 2.09. The Hall–Kier alpha value is -1.92. The fourth-order valence-electron chi connectivity index (χ4n) is 2.46. The zero-order valence-corrected chi connectivity index (χ0v) is 11.3. The van der Waals surface area contributed by atoms with Gasteiger partial charge in [0.1, 0.15) is 6.20 Å². The molecule has 1 fully saturated rings.